The van der Waals surface area contributed by atoms with E-state index in [1.54, 1.807) is 35.8 Å². The van der Waals surface area contributed by atoms with Crippen molar-refractivity contribution in [2.45, 2.75) is 17.3 Å². The average Bonchev–Trinajstić information content (AvgIpc) is 2.99. The van der Waals surface area contributed by atoms with Gasteiger partial charge in [-0.15, -0.1) is 10.2 Å². The zero-order chi connectivity index (χ0) is 17.1. The largest absolute Gasteiger partial charge is 0.507 e. The molecule has 7 heteroatoms. The lowest BCUT2D eigenvalue weighted by molar-refractivity contribution is -0.136. The minimum Gasteiger partial charge on any atom is -0.507 e. The molecular formula is C17H15N3O3S. The Labute approximate surface area is 142 Å². The first kappa shape index (κ1) is 16.1. The fourth-order valence-electron chi connectivity index (χ4n) is 2.20. The predicted octanol–water partition coefficient (Wildman–Crippen LogP) is 3.21. The van der Waals surface area contributed by atoms with E-state index in [4.69, 9.17) is 5.11 Å². The number of thioether (sulfide) groups is 1. The maximum atomic E-state index is 11.2. The molecule has 6 nitrogen and oxygen atoms in total. The molecule has 0 aliphatic heterocycles. The van der Waals surface area contributed by atoms with Gasteiger partial charge in [-0.2, -0.15) is 0 Å². The number of aromatic hydroxyl groups is 1. The van der Waals surface area contributed by atoms with Crippen molar-refractivity contribution in [3.63, 3.8) is 0 Å². The van der Waals surface area contributed by atoms with Crippen LogP contribution in [0.3, 0.4) is 0 Å². The first-order chi connectivity index (χ1) is 11.6. The Morgan fingerprint density at radius 2 is 1.75 bits per heavy atom. The Kier molecular flexibility index (Phi) is 4.52. The van der Waals surface area contributed by atoms with Crippen LogP contribution in [0.25, 0.3) is 17.1 Å². The smallest absolute Gasteiger partial charge is 0.316 e. The number of rotatable bonds is 5. The summed E-state index contributed by atoms with van der Waals surface area (Å²) in [6.07, 6.45) is 0. The summed E-state index contributed by atoms with van der Waals surface area (Å²) in [6, 6.07) is 16.2. The van der Waals surface area contributed by atoms with Gasteiger partial charge in [-0.25, -0.2) is 0 Å². The molecule has 1 atom stereocenters. The average molecular weight is 341 g/mol. The van der Waals surface area contributed by atoms with Gasteiger partial charge in [-0.3, -0.25) is 9.36 Å². The Balaban J connectivity index is 2.15. The van der Waals surface area contributed by atoms with Crippen molar-refractivity contribution in [3.8, 4) is 22.8 Å². The van der Waals surface area contributed by atoms with Crippen LogP contribution in [-0.2, 0) is 4.79 Å². The van der Waals surface area contributed by atoms with E-state index in [2.05, 4.69) is 10.2 Å². The second-order valence-corrected chi connectivity index (χ2v) is 6.40. The number of aliphatic carboxylic acids is 1. The van der Waals surface area contributed by atoms with Crippen molar-refractivity contribution in [1.29, 1.82) is 0 Å². The summed E-state index contributed by atoms with van der Waals surface area (Å²) in [6.45, 7) is 1.59. The number of benzene rings is 2. The van der Waals surface area contributed by atoms with Crippen molar-refractivity contribution in [3.05, 3.63) is 54.6 Å². The summed E-state index contributed by atoms with van der Waals surface area (Å²) in [5.41, 5.74) is 1.32. The van der Waals surface area contributed by atoms with Crippen LogP contribution in [0.4, 0.5) is 0 Å². The fraction of sp³-hybridized carbons (Fsp3) is 0.118. The molecule has 0 unspecified atom stereocenters. The molecule has 0 spiro atoms. The van der Waals surface area contributed by atoms with Gasteiger partial charge in [0, 0.05) is 5.69 Å². The summed E-state index contributed by atoms with van der Waals surface area (Å²) in [5.74, 6) is -0.379. The summed E-state index contributed by atoms with van der Waals surface area (Å²) in [7, 11) is 0. The molecule has 3 rings (SSSR count). The molecule has 1 aromatic heterocycles. The number of aromatic nitrogens is 3. The Morgan fingerprint density at radius 3 is 2.42 bits per heavy atom. The molecule has 2 N–H and O–H groups in total. The van der Waals surface area contributed by atoms with E-state index in [0.29, 0.717) is 16.5 Å². The van der Waals surface area contributed by atoms with Crippen molar-refractivity contribution in [2.24, 2.45) is 0 Å². The van der Waals surface area contributed by atoms with Gasteiger partial charge in [-0.05, 0) is 31.2 Å². The number of hydrogen-bond acceptors (Lipinski definition) is 5. The van der Waals surface area contributed by atoms with Gasteiger partial charge in [-0.1, -0.05) is 42.1 Å². The SMILES string of the molecule is C[C@H](Sc1nnc(-c2ccccc2O)n1-c1ccccc1)C(=O)O. The zero-order valence-corrected chi connectivity index (χ0v) is 13.6. The van der Waals surface area contributed by atoms with Crippen molar-refractivity contribution < 1.29 is 15.0 Å². The maximum absolute atomic E-state index is 11.2. The van der Waals surface area contributed by atoms with Crippen LogP contribution >= 0.6 is 11.8 Å². The monoisotopic (exact) mass is 341 g/mol. The molecule has 0 aliphatic rings. The van der Waals surface area contributed by atoms with Gasteiger partial charge < -0.3 is 10.2 Å². The van der Waals surface area contributed by atoms with Gasteiger partial charge in [0.1, 0.15) is 11.0 Å². The number of carbonyl (C=O) groups is 1. The van der Waals surface area contributed by atoms with Crippen molar-refractivity contribution >= 4 is 17.7 Å². The van der Waals surface area contributed by atoms with Gasteiger partial charge in [0.05, 0.1) is 5.56 Å². The molecule has 0 radical (unpaired) electrons. The van der Waals surface area contributed by atoms with Crippen LogP contribution in [0.15, 0.2) is 59.8 Å². The lowest BCUT2D eigenvalue weighted by Gasteiger charge is -2.12. The van der Waals surface area contributed by atoms with E-state index in [9.17, 15) is 9.90 Å². The van der Waals surface area contributed by atoms with Crippen molar-refractivity contribution in [1.82, 2.24) is 14.8 Å². The Hall–Kier alpha value is -2.80. The third-order valence-electron chi connectivity index (χ3n) is 3.42. The number of nitrogens with zero attached hydrogens (tertiary/aromatic N) is 3. The van der Waals surface area contributed by atoms with E-state index in [0.717, 1.165) is 17.4 Å². The fourth-order valence-corrected chi connectivity index (χ4v) is 3.00. The first-order valence-electron chi connectivity index (χ1n) is 7.26. The number of hydrogen-bond donors (Lipinski definition) is 2. The third-order valence-corrected chi connectivity index (χ3v) is 4.45. The summed E-state index contributed by atoms with van der Waals surface area (Å²) in [5, 5.41) is 27.4. The highest BCUT2D eigenvalue weighted by Crippen LogP contribution is 2.33. The number of phenolic OH excluding ortho intramolecular Hbond substituents is 1. The molecule has 0 aliphatic carbocycles. The Morgan fingerprint density at radius 1 is 1.08 bits per heavy atom. The van der Waals surface area contributed by atoms with E-state index in [-0.39, 0.29) is 5.75 Å². The van der Waals surface area contributed by atoms with Gasteiger partial charge in [0.15, 0.2) is 11.0 Å². The Bertz CT molecular complexity index is 865. The van der Waals surface area contributed by atoms with E-state index in [1.165, 1.54) is 0 Å². The highest BCUT2D eigenvalue weighted by molar-refractivity contribution is 8.00. The summed E-state index contributed by atoms with van der Waals surface area (Å²) < 4.78 is 1.75. The minimum absolute atomic E-state index is 0.0879. The molecule has 0 bridgehead atoms. The number of carboxylic acids is 1. The van der Waals surface area contributed by atoms with Gasteiger partial charge in [0.2, 0.25) is 0 Å². The van der Waals surface area contributed by atoms with E-state index >= 15 is 0 Å². The topological polar surface area (TPSA) is 88.2 Å². The molecule has 1 heterocycles. The molecule has 0 fully saturated rings. The van der Waals surface area contributed by atoms with Crippen LogP contribution in [0, 0.1) is 0 Å². The summed E-state index contributed by atoms with van der Waals surface area (Å²) in [4.78, 5) is 11.2. The molecule has 3 aromatic rings. The predicted molar refractivity (Wildman–Crippen MR) is 91.4 cm³/mol. The highest BCUT2D eigenvalue weighted by Gasteiger charge is 2.22. The molecule has 122 valence electrons. The second kappa shape index (κ2) is 6.76. The molecular weight excluding hydrogens is 326 g/mol. The quantitative estimate of drug-likeness (QED) is 0.693. The number of carboxylic acid groups (broad SMARTS) is 1. The van der Waals surface area contributed by atoms with Crippen LogP contribution in [0.1, 0.15) is 6.92 Å². The van der Waals surface area contributed by atoms with Crippen LogP contribution in [-0.4, -0.2) is 36.2 Å². The maximum Gasteiger partial charge on any atom is 0.316 e. The number of para-hydroxylation sites is 2. The second-order valence-electron chi connectivity index (χ2n) is 5.09. The molecule has 24 heavy (non-hydrogen) atoms. The molecule has 0 saturated heterocycles. The van der Waals surface area contributed by atoms with Gasteiger partial charge >= 0.3 is 5.97 Å². The minimum atomic E-state index is -0.924. The van der Waals surface area contributed by atoms with Crippen LogP contribution in [0.2, 0.25) is 0 Å². The lowest BCUT2D eigenvalue weighted by atomic mass is 10.2. The van der Waals surface area contributed by atoms with E-state index in [1.807, 2.05) is 30.3 Å². The van der Waals surface area contributed by atoms with Crippen molar-refractivity contribution in [2.75, 3.05) is 0 Å². The third kappa shape index (κ3) is 3.11. The number of phenols is 1. The standard InChI is InChI=1S/C17H15N3O3S/c1-11(16(22)23)24-17-19-18-15(13-9-5-6-10-14(13)21)20(17)12-7-3-2-4-8-12/h2-11,21H,1H3,(H,22,23)/t11-/m0/s1. The molecule has 0 saturated carbocycles. The van der Waals surface area contributed by atoms with E-state index < -0.39 is 11.2 Å². The highest BCUT2D eigenvalue weighted by atomic mass is 32.2. The molecule has 0 amide bonds. The zero-order valence-electron chi connectivity index (χ0n) is 12.8. The van der Waals surface area contributed by atoms with Gasteiger partial charge in [0.25, 0.3) is 0 Å². The lowest BCUT2D eigenvalue weighted by Crippen LogP contribution is -2.12. The van der Waals surface area contributed by atoms with Crippen LogP contribution in [0.5, 0.6) is 5.75 Å². The summed E-state index contributed by atoms with van der Waals surface area (Å²) >= 11 is 1.10. The molecule has 2 aromatic carbocycles. The normalized spacial score (nSPS) is 12.0. The van der Waals surface area contributed by atoms with Crippen LogP contribution < -0.4 is 0 Å². The first-order valence-corrected chi connectivity index (χ1v) is 8.14.